The molecule has 0 aromatic carbocycles. The molecule has 1 aliphatic heterocycles. The Morgan fingerprint density at radius 1 is 1.46 bits per heavy atom. The molecule has 1 unspecified atom stereocenters. The summed E-state index contributed by atoms with van der Waals surface area (Å²) in [5.41, 5.74) is 2.26. The Hall–Kier alpha value is -2.61. The van der Waals surface area contributed by atoms with Crippen molar-refractivity contribution in [1.82, 2.24) is 25.0 Å². The van der Waals surface area contributed by atoms with E-state index in [1.807, 2.05) is 57.7 Å². The summed E-state index contributed by atoms with van der Waals surface area (Å²) in [6.45, 7) is 2.94. The van der Waals surface area contributed by atoms with Gasteiger partial charge in [0, 0.05) is 59.2 Å². The molecule has 2 aromatic rings. The number of aryl methyl sites for hydroxylation is 1. The number of nitrogens with zero attached hydrogens (tertiary/aromatic N) is 6. The van der Waals surface area contributed by atoms with E-state index in [0.29, 0.717) is 13.2 Å². The molecule has 0 spiro atoms. The third kappa shape index (κ3) is 4.32. The fourth-order valence-electron chi connectivity index (χ4n) is 2.98. The molecule has 0 bridgehead atoms. The molecule has 8 heteroatoms. The Morgan fingerprint density at radius 3 is 3.00 bits per heavy atom. The molecule has 3 heterocycles. The lowest BCUT2D eigenvalue weighted by atomic mass is 10.1. The SMILES string of the molecule is CN=C(NCc1ccnc(N(C)C)c1)N1CCOC(c2cnn(C)c2)C1. The van der Waals surface area contributed by atoms with Gasteiger partial charge in [0.05, 0.1) is 19.3 Å². The molecule has 0 amide bonds. The Kier molecular flexibility index (Phi) is 5.72. The summed E-state index contributed by atoms with van der Waals surface area (Å²) in [5.74, 6) is 1.83. The number of guanidine groups is 1. The number of rotatable bonds is 4. The number of aromatic nitrogens is 3. The van der Waals surface area contributed by atoms with Crippen LogP contribution in [0.25, 0.3) is 0 Å². The van der Waals surface area contributed by atoms with Gasteiger partial charge >= 0.3 is 0 Å². The smallest absolute Gasteiger partial charge is 0.194 e. The number of hydrogen-bond acceptors (Lipinski definition) is 5. The van der Waals surface area contributed by atoms with Crippen LogP contribution in [0.5, 0.6) is 0 Å². The van der Waals surface area contributed by atoms with Gasteiger partial charge < -0.3 is 19.9 Å². The highest BCUT2D eigenvalue weighted by Gasteiger charge is 2.25. The number of aliphatic imine (C=N–C) groups is 1. The number of morpholine rings is 1. The van der Waals surface area contributed by atoms with E-state index >= 15 is 0 Å². The second-order valence-electron chi connectivity index (χ2n) is 6.57. The number of ether oxygens (including phenoxy) is 1. The third-order valence-electron chi connectivity index (χ3n) is 4.39. The predicted molar refractivity (Wildman–Crippen MR) is 102 cm³/mol. The van der Waals surface area contributed by atoms with E-state index in [-0.39, 0.29) is 6.10 Å². The molecule has 140 valence electrons. The fourth-order valence-corrected chi connectivity index (χ4v) is 2.98. The second kappa shape index (κ2) is 8.18. The first-order chi connectivity index (χ1) is 12.6. The van der Waals surface area contributed by atoms with Crippen molar-refractivity contribution in [2.24, 2.45) is 12.0 Å². The van der Waals surface area contributed by atoms with Crippen LogP contribution >= 0.6 is 0 Å². The number of hydrogen-bond donors (Lipinski definition) is 1. The molecule has 1 aliphatic rings. The summed E-state index contributed by atoms with van der Waals surface area (Å²) >= 11 is 0. The molecule has 1 N–H and O–H groups in total. The van der Waals surface area contributed by atoms with E-state index < -0.39 is 0 Å². The van der Waals surface area contributed by atoms with Crippen molar-refractivity contribution in [3.05, 3.63) is 41.9 Å². The molecule has 0 aliphatic carbocycles. The first kappa shape index (κ1) is 18.2. The van der Waals surface area contributed by atoms with Crippen LogP contribution < -0.4 is 10.2 Å². The minimum Gasteiger partial charge on any atom is -0.370 e. The summed E-state index contributed by atoms with van der Waals surface area (Å²) in [7, 11) is 7.71. The zero-order chi connectivity index (χ0) is 18.5. The average Bonchev–Trinajstić information content (AvgIpc) is 3.09. The molecule has 3 rings (SSSR count). The Labute approximate surface area is 154 Å². The van der Waals surface area contributed by atoms with Crippen molar-refractivity contribution in [3.63, 3.8) is 0 Å². The van der Waals surface area contributed by atoms with Crippen LogP contribution in [0.15, 0.2) is 35.7 Å². The van der Waals surface area contributed by atoms with E-state index in [0.717, 1.165) is 30.4 Å². The van der Waals surface area contributed by atoms with Crippen LogP contribution in [0.2, 0.25) is 0 Å². The number of nitrogens with one attached hydrogen (secondary N) is 1. The maximum absolute atomic E-state index is 5.92. The summed E-state index contributed by atoms with van der Waals surface area (Å²) in [6.07, 6.45) is 5.72. The molecule has 1 saturated heterocycles. The molecule has 1 fully saturated rings. The van der Waals surface area contributed by atoms with E-state index in [1.165, 1.54) is 5.56 Å². The highest BCUT2D eigenvalue weighted by molar-refractivity contribution is 5.80. The molecular formula is C18H27N7O. The molecular weight excluding hydrogens is 330 g/mol. The van der Waals surface area contributed by atoms with Crippen LogP contribution in [0, 0.1) is 0 Å². The monoisotopic (exact) mass is 357 g/mol. The molecule has 26 heavy (non-hydrogen) atoms. The zero-order valence-corrected chi connectivity index (χ0v) is 15.9. The van der Waals surface area contributed by atoms with Crippen LogP contribution in [-0.2, 0) is 18.3 Å². The van der Waals surface area contributed by atoms with Gasteiger partial charge in [-0.05, 0) is 17.7 Å². The van der Waals surface area contributed by atoms with Gasteiger partial charge in [-0.1, -0.05) is 0 Å². The van der Waals surface area contributed by atoms with Crippen LogP contribution in [-0.4, -0.2) is 66.5 Å². The van der Waals surface area contributed by atoms with E-state index in [4.69, 9.17) is 4.74 Å². The van der Waals surface area contributed by atoms with Crippen molar-refractivity contribution < 1.29 is 4.74 Å². The van der Waals surface area contributed by atoms with Crippen molar-refractivity contribution in [3.8, 4) is 0 Å². The summed E-state index contributed by atoms with van der Waals surface area (Å²) < 4.78 is 7.72. The minimum absolute atomic E-state index is 0.0114. The van der Waals surface area contributed by atoms with E-state index in [2.05, 4.69) is 31.4 Å². The van der Waals surface area contributed by atoms with Crippen molar-refractivity contribution >= 4 is 11.8 Å². The van der Waals surface area contributed by atoms with E-state index in [9.17, 15) is 0 Å². The molecule has 8 nitrogen and oxygen atoms in total. The Balaban J connectivity index is 1.62. The van der Waals surface area contributed by atoms with Crippen LogP contribution in [0.3, 0.4) is 0 Å². The maximum atomic E-state index is 5.92. The third-order valence-corrected chi connectivity index (χ3v) is 4.39. The first-order valence-electron chi connectivity index (χ1n) is 8.75. The van der Waals surface area contributed by atoms with Gasteiger partial charge in [0.15, 0.2) is 5.96 Å². The normalized spacial score (nSPS) is 18.1. The standard InChI is InChI=1S/C18H27N7O/c1-19-18(21-10-14-5-6-20-17(9-14)23(2)3)25-7-8-26-16(13-25)15-11-22-24(4)12-15/h5-6,9,11-12,16H,7-8,10,13H2,1-4H3,(H,19,21). The van der Waals surface area contributed by atoms with Crippen molar-refractivity contribution in [1.29, 1.82) is 0 Å². The van der Waals surface area contributed by atoms with Gasteiger partial charge in [0.2, 0.25) is 0 Å². The molecule has 2 aromatic heterocycles. The molecule has 0 saturated carbocycles. The molecule has 1 atom stereocenters. The highest BCUT2D eigenvalue weighted by Crippen LogP contribution is 2.21. The van der Waals surface area contributed by atoms with Crippen LogP contribution in [0.4, 0.5) is 5.82 Å². The fraction of sp³-hybridized carbons (Fsp3) is 0.500. The topological polar surface area (TPSA) is 70.8 Å². The van der Waals surface area contributed by atoms with Gasteiger partial charge in [0.25, 0.3) is 0 Å². The summed E-state index contributed by atoms with van der Waals surface area (Å²) in [4.78, 5) is 13.0. The first-order valence-corrected chi connectivity index (χ1v) is 8.75. The van der Waals surface area contributed by atoms with Gasteiger partial charge in [-0.2, -0.15) is 5.10 Å². The number of pyridine rings is 1. The van der Waals surface area contributed by atoms with E-state index in [1.54, 1.807) is 4.68 Å². The second-order valence-corrected chi connectivity index (χ2v) is 6.57. The summed E-state index contributed by atoms with van der Waals surface area (Å²) in [5, 5.41) is 7.69. The minimum atomic E-state index is 0.0114. The van der Waals surface area contributed by atoms with Gasteiger partial charge in [-0.15, -0.1) is 0 Å². The molecule has 0 radical (unpaired) electrons. The lowest BCUT2D eigenvalue weighted by Gasteiger charge is -2.34. The lowest BCUT2D eigenvalue weighted by Crippen LogP contribution is -2.47. The highest BCUT2D eigenvalue weighted by atomic mass is 16.5. The quantitative estimate of drug-likeness (QED) is 0.651. The Bertz CT molecular complexity index is 756. The van der Waals surface area contributed by atoms with Gasteiger partial charge in [-0.25, -0.2) is 4.98 Å². The zero-order valence-electron chi connectivity index (χ0n) is 15.9. The predicted octanol–water partition coefficient (Wildman–Crippen LogP) is 1.03. The van der Waals surface area contributed by atoms with Gasteiger partial charge in [-0.3, -0.25) is 9.67 Å². The van der Waals surface area contributed by atoms with Gasteiger partial charge in [0.1, 0.15) is 11.9 Å². The largest absolute Gasteiger partial charge is 0.370 e. The maximum Gasteiger partial charge on any atom is 0.194 e. The van der Waals surface area contributed by atoms with Crippen LogP contribution in [0.1, 0.15) is 17.2 Å². The van der Waals surface area contributed by atoms with Crippen molar-refractivity contribution in [2.45, 2.75) is 12.6 Å². The number of anilines is 1. The Morgan fingerprint density at radius 2 is 2.31 bits per heavy atom. The van der Waals surface area contributed by atoms with Crippen molar-refractivity contribution in [2.75, 3.05) is 45.7 Å². The summed E-state index contributed by atoms with van der Waals surface area (Å²) in [6, 6.07) is 4.10. The lowest BCUT2D eigenvalue weighted by molar-refractivity contribution is -0.00805. The average molecular weight is 357 g/mol.